The van der Waals surface area contributed by atoms with Crippen LogP contribution in [0.3, 0.4) is 0 Å². The summed E-state index contributed by atoms with van der Waals surface area (Å²) in [6.07, 6.45) is 3.97. The molecule has 2 aliphatic rings. The fraction of sp³-hybridized carbons (Fsp3) is 0.750. The minimum Gasteiger partial charge on any atom is -0.543 e. The highest BCUT2D eigenvalue weighted by atomic mass is 16.6. The van der Waals surface area contributed by atoms with Gasteiger partial charge in [-0.15, -0.1) is 0 Å². The smallest absolute Gasteiger partial charge is 0.136 e. The number of carbonyl (C=O) groups is 1. The zero-order chi connectivity index (χ0) is 8.55. The summed E-state index contributed by atoms with van der Waals surface area (Å²) in [6, 6.07) is 0. The van der Waals surface area contributed by atoms with E-state index in [1.54, 1.807) is 0 Å². The second-order valence-corrected chi connectivity index (χ2v) is 3.30. The molecular formula is C8H10NO3-. The molecule has 0 radical (unpaired) electrons. The summed E-state index contributed by atoms with van der Waals surface area (Å²) >= 11 is 0. The summed E-state index contributed by atoms with van der Waals surface area (Å²) in [5, 5.41) is 14.1. The van der Waals surface area contributed by atoms with Crippen molar-refractivity contribution in [3.05, 3.63) is 0 Å². The standard InChI is InChI=1S/C8H11NO3/c10-8(11)7-5-3-1-2-4-6(5)12-9-7/h5-6H,1-4H2,(H,10,11)/p-1/t5-,6+/m0/s1. The molecule has 1 saturated carbocycles. The van der Waals surface area contributed by atoms with E-state index in [1.807, 2.05) is 0 Å². The Hall–Kier alpha value is -1.06. The Balaban J connectivity index is 2.13. The maximum absolute atomic E-state index is 10.5. The van der Waals surface area contributed by atoms with Gasteiger partial charge in [-0.05, 0) is 19.3 Å². The van der Waals surface area contributed by atoms with Crippen molar-refractivity contribution < 1.29 is 14.7 Å². The molecule has 0 bridgehead atoms. The Morgan fingerprint density at radius 2 is 2.25 bits per heavy atom. The van der Waals surface area contributed by atoms with Crippen molar-refractivity contribution in [2.75, 3.05) is 0 Å². The number of carboxylic acid groups (broad SMARTS) is 1. The number of hydrogen-bond donors (Lipinski definition) is 0. The van der Waals surface area contributed by atoms with E-state index in [1.165, 1.54) is 0 Å². The van der Waals surface area contributed by atoms with E-state index in [2.05, 4.69) is 5.16 Å². The molecule has 0 unspecified atom stereocenters. The van der Waals surface area contributed by atoms with Crippen molar-refractivity contribution in [3.63, 3.8) is 0 Å². The van der Waals surface area contributed by atoms with Crippen LogP contribution in [0.15, 0.2) is 5.16 Å². The highest BCUT2D eigenvalue weighted by Crippen LogP contribution is 2.32. The number of fused-ring (bicyclic) bond motifs is 1. The van der Waals surface area contributed by atoms with Crippen LogP contribution >= 0.6 is 0 Å². The van der Waals surface area contributed by atoms with Gasteiger partial charge in [-0.2, -0.15) is 0 Å². The number of carboxylic acids is 1. The predicted molar refractivity (Wildman–Crippen MR) is 39.3 cm³/mol. The first-order valence-corrected chi connectivity index (χ1v) is 4.24. The quantitative estimate of drug-likeness (QED) is 0.539. The number of nitrogens with zero attached hydrogens (tertiary/aromatic N) is 1. The van der Waals surface area contributed by atoms with E-state index < -0.39 is 5.97 Å². The van der Waals surface area contributed by atoms with Crippen LogP contribution in [-0.2, 0) is 9.63 Å². The molecule has 1 fully saturated rings. The molecule has 0 aromatic carbocycles. The zero-order valence-corrected chi connectivity index (χ0v) is 6.66. The van der Waals surface area contributed by atoms with E-state index in [-0.39, 0.29) is 17.7 Å². The third-order valence-corrected chi connectivity index (χ3v) is 2.55. The van der Waals surface area contributed by atoms with Crippen LogP contribution in [0.1, 0.15) is 25.7 Å². The molecule has 0 spiro atoms. The number of aliphatic carboxylic acids is 1. The molecule has 0 N–H and O–H groups in total. The van der Waals surface area contributed by atoms with Gasteiger partial charge in [-0.3, -0.25) is 0 Å². The summed E-state index contributed by atoms with van der Waals surface area (Å²) < 4.78 is 0. The summed E-state index contributed by atoms with van der Waals surface area (Å²) in [5.74, 6) is -1.19. The van der Waals surface area contributed by atoms with Gasteiger partial charge in [-0.1, -0.05) is 11.6 Å². The lowest BCUT2D eigenvalue weighted by Gasteiger charge is -2.23. The average Bonchev–Trinajstić information content (AvgIpc) is 2.47. The molecule has 0 amide bonds. The van der Waals surface area contributed by atoms with Crippen LogP contribution in [-0.4, -0.2) is 17.8 Å². The summed E-state index contributed by atoms with van der Waals surface area (Å²) in [7, 11) is 0. The lowest BCUT2D eigenvalue weighted by molar-refractivity contribution is -0.294. The van der Waals surface area contributed by atoms with Crippen molar-refractivity contribution in [1.29, 1.82) is 0 Å². The lowest BCUT2D eigenvalue weighted by atomic mass is 9.84. The van der Waals surface area contributed by atoms with Crippen molar-refractivity contribution in [1.82, 2.24) is 0 Å². The summed E-state index contributed by atoms with van der Waals surface area (Å²) in [4.78, 5) is 15.5. The van der Waals surface area contributed by atoms with Crippen LogP contribution in [0.4, 0.5) is 0 Å². The van der Waals surface area contributed by atoms with Crippen molar-refractivity contribution in [3.8, 4) is 0 Å². The number of oxime groups is 1. The molecule has 4 nitrogen and oxygen atoms in total. The van der Waals surface area contributed by atoms with Gasteiger partial charge in [0.1, 0.15) is 11.8 Å². The molecule has 0 aromatic rings. The normalized spacial score (nSPS) is 33.5. The average molecular weight is 168 g/mol. The van der Waals surface area contributed by atoms with E-state index in [9.17, 15) is 9.90 Å². The highest BCUT2D eigenvalue weighted by molar-refractivity contribution is 6.35. The van der Waals surface area contributed by atoms with Gasteiger partial charge in [-0.25, -0.2) is 0 Å². The molecular weight excluding hydrogens is 158 g/mol. The van der Waals surface area contributed by atoms with E-state index in [0.29, 0.717) is 0 Å². The maximum atomic E-state index is 10.5. The van der Waals surface area contributed by atoms with Crippen LogP contribution < -0.4 is 5.11 Å². The van der Waals surface area contributed by atoms with Crippen LogP contribution in [0.2, 0.25) is 0 Å². The Kier molecular flexibility index (Phi) is 1.75. The highest BCUT2D eigenvalue weighted by Gasteiger charge is 2.36. The zero-order valence-electron chi connectivity index (χ0n) is 6.66. The van der Waals surface area contributed by atoms with Gasteiger partial charge in [0.15, 0.2) is 0 Å². The second-order valence-electron chi connectivity index (χ2n) is 3.30. The Morgan fingerprint density at radius 1 is 1.50 bits per heavy atom. The third-order valence-electron chi connectivity index (χ3n) is 2.55. The molecule has 2 rings (SSSR count). The first kappa shape index (κ1) is 7.58. The van der Waals surface area contributed by atoms with E-state index in [0.717, 1.165) is 25.7 Å². The minimum absolute atomic E-state index is 0.00616. The molecule has 1 heterocycles. The van der Waals surface area contributed by atoms with Crippen LogP contribution in [0.25, 0.3) is 0 Å². The number of carbonyl (C=O) groups excluding carboxylic acids is 1. The summed E-state index contributed by atoms with van der Waals surface area (Å²) in [5.41, 5.74) is 0.111. The monoisotopic (exact) mass is 168 g/mol. The molecule has 2 atom stereocenters. The van der Waals surface area contributed by atoms with Gasteiger partial charge in [0.05, 0.1) is 5.97 Å². The molecule has 4 heteroatoms. The fourth-order valence-corrected chi connectivity index (χ4v) is 1.92. The predicted octanol–water partition coefficient (Wildman–Crippen LogP) is -0.319. The summed E-state index contributed by atoms with van der Waals surface area (Å²) in [6.45, 7) is 0. The van der Waals surface area contributed by atoms with Gasteiger partial charge < -0.3 is 14.7 Å². The van der Waals surface area contributed by atoms with Gasteiger partial charge in [0.2, 0.25) is 0 Å². The van der Waals surface area contributed by atoms with Gasteiger partial charge >= 0.3 is 0 Å². The molecule has 0 saturated heterocycles. The first-order chi connectivity index (χ1) is 5.79. The second kappa shape index (κ2) is 2.77. The van der Waals surface area contributed by atoms with Gasteiger partial charge in [0, 0.05) is 5.92 Å². The fourth-order valence-electron chi connectivity index (χ4n) is 1.92. The third kappa shape index (κ3) is 1.07. The Morgan fingerprint density at radius 3 is 3.00 bits per heavy atom. The minimum atomic E-state index is -1.18. The topological polar surface area (TPSA) is 61.7 Å². The van der Waals surface area contributed by atoms with Crippen molar-refractivity contribution >= 4 is 11.7 Å². The molecule has 1 aliphatic heterocycles. The van der Waals surface area contributed by atoms with E-state index >= 15 is 0 Å². The molecule has 66 valence electrons. The Labute approximate surface area is 70.2 Å². The number of rotatable bonds is 1. The maximum Gasteiger partial charge on any atom is 0.136 e. The molecule has 0 aromatic heterocycles. The van der Waals surface area contributed by atoms with Crippen LogP contribution in [0, 0.1) is 5.92 Å². The molecule has 1 aliphatic carbocycles. The van der Waals surface area contributed by atoms with Crippen molar-refractivity contribution in [2.45, 2.75) is 31.8 Å². The van der Waals surface area contributed by atoms with Crippen LogP contribution in [0.5, 0.6) is 0 Å². The van der Waals surface area contributed by atoms with E-state index in [4.69, 9.17) is 4.84 Å². The van der Waals surface area contributed by atoms with Gasteiger partial charge in [0.25, 0.3) is 0 Å². The SMILES string of the molecule is O=C([O-])C1=NO[C@@H]2CCCC[C@H]12. The lowest BCUT2D eigenvalue weighted by Crippen LogP contribution is -2.38. The number of hydrogen-bond acceptors (Lipinski definition) is 4. The largest absolute Gasteiger partial charge is 0.543 e. The first-order valence-electron chi connectivity index (χ1n) is 4.24. The Bertz CT molecular complexity index is 236. The molecule has 12 heavy (non-hydrogen) atoms. The van der Waals surface area contributed by atoms with Crippen molar-refractivity contribution in [2.24, 2.45) is 11.1 Å².